The van der Waals surface area contributed by atoms with Crippen LogP contribution in [0.1, 0.15) is 64.7 Å². The van der Waals surface area contributed by atoms with Crippen molar-refractivity contribution in [3.05, 3.63) is 0 Å². The molecule has 3 heteroatoms. The second-order valence-electron chi connectivity index (χ2n) is 9.75. The molecule has 0 radical (unpaired) electrons. The number of hydrogen-bond acceptors (Lipinski definition) is 3. The van der Waals surface area contributed by atoms with Crippen molar-refractivity contribution in [1.29, 1.82) is 0 Å². The van der Waals surface area contributed by atoms with Gasteiger partial charge in [-0.25, -0.2) is 0 Å². The minimum Gasteiger partial charge on any atom is -0.465 e. The van der Waals surface area contributed by atoms with Crippen LogP contribution in [0.2, 0.25) is 0 Å². The summed E-state index contributed by atoms with van der Waals surface area (Å²) in [6.07, 6.45) is 11.9. The summed E-state index contributed by atoms with van der Waals surface area (Å²) in [6.45, 7) is 3.27. The van der Waals surface area contributed by atoms with E-state index in [0.717, 1.165) is 24.2 Å². The predicted octanol–water partition coefficient (Wildman–Crippen LogP) is 4.20. The van der Waals surface area contributed by atoms with E-state index in [9.17, 15) is 4.79 Å². The Morgan fingerprint density at radius 3 is 2.62 bits per heavy atom. The van der Waals surface area contributed by atoms with Crippen molar-refractivity contribution in [2.75, 3.05) is 13.7 Å². The Morgan fingerprint density at radius 1 is 1.00 bits per heavy atom. The molecule has 0 aromatic carbocycles. The maximum Gasteiger partial charge on any atom is 0.312 e. The highest BCUT2D eigenvalue weighted by Gasteiger charge is 2.67. The van der Waals surface area contributed by atoms with Crippen molar-refractivity contribution in [2.24, 2.45) is 40.4 Å². The number of carbonyl (C=O) groups is 1. The molecule has 0 N–H and O–H groups in total. The summed E-state index contributed by atoms with van der Waals surface area (Å²) in [4.78, 5) is 12.7. The smallest absolute Gasteiger partial charge is 0.312 e. The molecule has 5 aliphatic rings. The first-order valence-corrected chi connectivity index (χ1v) is 10.3. The van der Waals surface area contributed by atoms with Crippen LogP contribution in [0.15, 0.2) is 0 Å². The average molecular weight is 332 g/mol. The van der Waals surface area contributed by atoms with E-state index in [2.05, 4.69) is 6.92 Å². The third-order valence-electron chi connectivity index (χ3n) is 9.38. The van der Waals surface area contributed by atoms with Crippen molar-refractivity contribution in [2.45, 2.75) is 70.8 Å². The van der Waals surface area contributed by atoms with E-state index < -0.39 is 0 Å². The van der Waals surface area contributed by atoms with Gasteiger partial charge in [-0.1, -0.05) is 6.92 Å². The number of rotatable bonds is 1. The molecule has 3 unspecified atom stereocenters. The molecule has 3 nitrogen and oxygen atoms in total. The SMILES string of the molecule is CO[C@@H]1CCC2CC[C@@H]3C(CC[C@]45C(=O)OC[C@H]4CCC35)[C@@]2(C)C1. The summed E-state index contributed by atoms with van der Waals surface area (Å²) in [7, 11) is 1.89. The number of methoxy groups -OCH3 is 1. The van der Waals surface area contributed by atoms with Crippen molar-refractivity contribution in [1.82, 2.24) is 0 Å². The van der Waals surface area contributed by atoms with Crippen LogP contribution >= 0.6 is 0 Å². The minimum absolute atomic E-state index is 0.0836. The van der Waals surface area contributed by atoms with Crippen LogP contribution in [-0.2, 0) is 14.3 Å². The van der Waals surface area contributed by atoms with Crippen LogP contribution in [0.3, 0.4) is 0 Å². The molecule has 1 spiro atoms. The highest BCUT2D eigenvalue weighted by atomic mass is 16.5. The van der Waals surface area contributed by atoms with Gasteiger partial charge in [0, 0.05) is 13.0 Å². The molecule has 0 aromatic rings. The first-order chi connectivity index (χ1) is 11.6. The summed E-state index contributed by atoms with van der Waals surface area (Å²) < 4.78 is 11.3. The highest BCUT2D eigenvalue weighted by Crippen LogP contribution is 2.69. The van der Waals surface area contributed by atoms with Crippen molar-refractivity contribution < 1.29 is 14.3 Å². The Kier molecular flexibility index (Phi) is 3.41. The van der Waals surface area contributed by atoms with Gasteiger partial charge in [-0.15, -0.1) is 0 Å². The highest BCUT2D eigenvalue weighted by molar-refractivity contribution is 5.80. The molecule has 4 aliphatic carbocycles. The Hall–Kier alpha value is -0.570. The maximum atomic E-state index is 12.7. The summed E-state index contributed by atoms with van der Waals surface area (Å²) in [5.41, 5.74) is 0.351. The van der Waals surface area contributed by atoms with Gasteiger partial charge in [0.25, 0.3) is 0 Å². The van der Waals surface area contributed by atoms with Crippen LogP contribution in [0.4, 0.5) is 0 Å². The van der Waals surface area contributed by atoms with Gasteiger partial charge in [0.2, 0.25) is 0 Å². The maximum absolute atomic E-state index is 12.7. The average Bonchev–Trinajstić information content (AvgIpc) is 3.11. The van der Waals surface area contributed by atoms with Gasteiger partial charge >= 0.3 is 5.97 Å². The summed E-state index contributed by atoms with van der Waals surface area (Å²) in [5.74, 6) is 3.74. The Morgan fingerprint density at radius 2 is 1.79 bits per heavy atom. The molecule has 0 aromatic heterocycles. The molecule has 1 heterocycles. The Labute approximate surface area is 145 Å². The number of carbonyl (C=O) groups excluding carboxylic acids is 1. The van der Waals surface area contributed by atoms with Crippen LogP contribution in [-0.4, -0.2) is 25.8 Å². The van der Waals surface area contributed by atoms with E-state index in [1.807, 2.05) is 7.11 Å². The first kappa shape index (κ1) is 15.7. The molecule has 24 heavy (non-hydrogen) atoms. The molecule has 134 valence electrons. The van der Waals surface area contributed by atoms with Crippen LogP contribution < -0.4 is 0 Å². The summed E-state index contributed by atoms with van der Waals surface area (Å²) in [6, 6.07) is 0. The van der Waals surface area contributed by atoms with Gasteiger partial charge < -0.3 is 9.47 Å². The van der Waals surface area contributed by atoms with Gasteiger partial charge in [0.05, 0.1) is 18.1 Å². The van der Waals surface area contributed by atoms with E-state index in [1.165, 1.54) is 51.4 Å². The third kappa shape index (κ3) is 1.80. The zero-order valence-electron chi connectivity index (χ0n) is 15.3. The van der Waals surface area contributed by atoms with Gasteiger partial charge in [0.1, 0.15) is 0 Å². The van der Waals surface area contributed by atoms with E-state index in [-0.39, 0.29) is 11.4 Å². The van der Waals surface area contributed by atoms with E-state index >= 15 is 0 Å². The van der Waals surface area contributed by atoms with Crippen molar-refractivity contribution in [3.8, 4) is 0 Å². The van der Waals surface area contributed by atoms with Gasteiger partial charge in [-0.2, -0.15) is 0 Å². The molecule has 1 aliphatic heterocycles. The predicted molar refractivity (Wildman–Crippen MR) is 91.3 cm³/mol. The fraction of sp³-hybridized carbons (Fsp3) is 0.952. The van der Waals surface area contributed by atoms with E-state index in [0.29, 0.717) is 30.0 Å². The molecule has 5 rings (SSSR count). The van der Waals surface area contributed by atoms with E-state index in [4.69, 9.17) is 9.47 Å². The topological polar surface area (TPSA) is 35.5 Å². The normalized spacial score (nSPS) is 56.0. The van der Waals surface area contributed by atoms with Gasteiger partial charge in [-0.05, 0) is 86.9 Å². The second-order valence-corrected chi connectivity index (χ2v) is 9.75. The Balaban J connectivity index is 1.48. The zero-order chi connectivity index (χ0) is 16.5. The molecule has 1 saturated heterocycles. The van der Waals surface area contributed by atoms with Crippen molar-refractivity contribution in [3.63, 3.8) is 0 Å². The quantitative estimate of drug-likeness (QED) is 0.675. The second kappa shape index (κ2) is 5.22. The number of hydrogen-bond donors (Lipinski definition) is 0. The van der Waals surface area contributed by atoms with Gasteiger partial charge in [-0.3, -0.25) is 4.79 Å². The lowest BCUT2D eigenvalue weighted by Gasteiger charge is -2.60. The molecule has 0 amide bonds. The van der Waals surface area contributed by atoms with Crippen LogP contribution in [0, 0.1) is 40.4 Å². The third-order valence-corrected chi connectivity index (χ3v) is 9.38. The van der Waals surface area contributed by atoms with E-state index in [1.54, 1.807) is 0 Å². The number of ether oxygens (including phenoxy) is 2. The lowest BCUT2D eigenvalue weighted by molar-refractivity contribution is -0.164. The number of fused-ring (bicyclic) bond motifs is 4. The number of esters is 1. The summed E-state index contributed by atoms with van der Waals surface area (Å²) >= 11 is 0. The lowest BCUT2D eigenvalue weighted by Crippen LogP contribution is -2.55. The minimum atomic E-state index is -0.0836. The standard InChI is InChI=1S/C21H32O3/c1-20-11-15(23-2)6-3-13(20)4-7-16-17(20)9-10-21-14(5-8-18(16)21)12-24-19(21)22/h13-18H,3-12H2,1-2H3/t13?,14-,15-,16-,17?,18?,20+,21+/m1/s1. The largest absolute Gasteiger partial charge is 0.465 e. The molecule has 8 atom stereocenters. The van der Waals surface area contributed by atoms with Crippen molar-refractivity contribution >= 4 is 5.97 Å². The fourth-order valence-corrected chi connectivity index (χ4v) is 8.26. The summed E-state index contributed by atoms with van der Waals surface area (Å²) in [5, 5.41) is 0. The monoisotopic (exact) mass is 332 g/mol. The van der Waals surface area contributed by atoms with Crippen LogP contribution in [0.25, 0.3) is 0 Å². The number of cyclic esters (lactones) is 1. The zero-order valence-corrected chi connectivity index (χ0v) is 15.3. The first-order valence-electron chi connectivity index (χ1n) is 10.3. The Bertz CT molecular complexity index is 545. The van der Waals surface area contributed by atoms with Gasteiger partial charge in [0.15, 0.2) is 0 Å². The molecular formula is C21H32O3. The molecule has 4 saturated carbocycles. The lowest BCUT2D eigenvalue weighted by atomic mass is 9.44. The molecular weight excluding hydrogens is 300 g/mol. The molecule has 0 bridgehead atoms. The van der Waals surface area contributed by atoms with Crippen LogP contribution in [0.5, 0.6) is 0 Å². The fourth-order valence-electron chi connectivity index (χ4n) is 8.26. The molecule has 5 fully saturated rings.